The lowest BCUT2D eigenvalue weighted by atomic mass is 10.3. The summed E-state index contributed by atoms with van der Waals surface area (Å²) in [6.45, 7) is 6.25. The van der Waals surface area contributed by atoms with Gasteiger partial charge in [-0.1, -0.05) is 18.7 Å². The first kappa shape index (κ1) is 16.0. The first-order valence-corrected chi connectivity index (χ1v) is 8.01. The molecule has 0 aromatic carbocycles. The number of hydrogen-bond acceptors (Lipinski definition) is 5. The van der Waals surface area contributed by atoms with Gasteiger partial charge in [0.15, 0.2) is 5.16 Å². The van der Waals surface area contributed by atoms with Crippen LogP contribution in [0.5, 0.6) is 0 Å². The van der Waals surface area contributed by atoms with E-state index in [0.717, 1.165) is 5.69 Å². The molecule has 2 rings (SSSR count). The molecule has 1 saturated heterocycles. The quantitative estimate of drug-likeness (QED) is 0.604. The smallest absolute Gasteiger partial charge is 0.254 e. The van der Waals surface area contributed by atoms with Gasteiger partial charge in [0.25, 0.3) is 5.56 Å². The molecule has 0 bridgehead atoms. The lowest BCUT2D eigenvalue weighted by molar-refractivity contribution is -0.134. The van der Waals surface area contributed by atoms with Crippen LogP contribution in [-0.4, -0.2) is 51.9 Å². The second kappa shape index (κ2) is 7.09. The molecule has 1 fully saturated rings. The van der Waals surface area contributed by atoms with E-state index in [1.807, 2.05) is 18.7 Å². The third kappa shape index (κ3) is 3.85. The number of ether oxygens (including phenoxy) is 1. The number of amides is 1. The van der Waals surface area contributed by atoms with Gasteiger partial charge < -0.3 is 9.64 Å². The van der Waals surface area contributed by atoms with Crippen LogP contribution < -0.4 is 5.56 Å². The van der Waals surface area contributed by atoms with Crippen molar-refractivity contribution >= 4 is 17.7 Å². The van der Waals surface area contributed by atoms with E-state index < -0.39 is 0 Å². The Hall–Kier alpha value is -1.34. The molecule has 0 spiro atoms. The molecule has 116 valence electrons. The zero-order valence-electron chi connectivity index (χ0n) is 12.7. The van der Waals surface area contributed by atoms with E-state index in [9.17, 15) is 9.59 Å². The van der Waals surface area contributed by atoms with E-state index in [4.69, 9.17) is 4.74 Å². The van der Waals surface area contributed by atoms with Gasteiger partial charge in [-0.15, -0.1) is 0 Å². The fourth-order valence-electron chi connectivity index (χ4n) is 2.10. The van der Waals surface area contributed by atoms with Gasteiger partial charge in [0.2, 0.25) is 5.91 Å². The number of morpholine rings is 1. The third-order valence-corrected chi connectivity index (χ3v) is 4.59. The van der Waals surface area contributed by atoms with E-state index in [1.54, 1.807) is 13.1 Å². The normalized spacial score (nSPS) is 16.8. The van der Waals surface area contributed by atoms with E-state index in [2.05, 4.69) is 4.98 Å². The lowest BCUT2D eigenvalue weighted by Crippen LogP contribution is -2.44. The Labute approximate surface area is 128 Å². The number of hydrogen-bond donors (Lipinski definition) is 0. The largest absolute Gasteiger partial charge is 0.378 e. The van der Waals surface area contributed by atoms with Crippen molar-refractivity contribution in [3.05, 3.63) is 22.1 Å². The predicted molar refractivity (Wildman–Crippen MR) is 81.6 cm³/mol. The summed E-state index contributed by atoms with van der Waals surface area (Å²) in [4.78, 5) is 30.5. The van der Waals surface area contributed by atoms with Crippen LogP contribution >= 0.6 is 11.8 Å². The number of aromatic nitrogens is 2. The topological polar surface area (TPSA) is 64.4 Å². The summed E-state index contributed by atoms with van der Waals surface area (Å²) in [5.41, 5.74) is 0.669. The highest BCUT2D eigenvalue weighted by Gasteiger charge is 2.24. The zero-order valence-corrected chi connectivity index (χ0v) is 13.5. The Morgan fingerprint density at radius 2 is 2.14 bits per heavy atom. The van der Waals surface area contributed by atoms with E-state index in [-0.39, 0.29) is 16.7 Å². The van der Waals surface area contributed by atoms with Gasteiger partial charge in [0.05, 0.1) is 18.5 Å². The maximum absolute atomic E-state index is 12.4. The summed E-state index contributed by atoms with van der Waals surface area (Å²) in [7, 11) is 1.68. The van der Waals surface area contributed by atoms with Crippen molar-refractivity contribution in [2.45, 2.75) is 30.7 Å². The highest BCUT2D eigenvalue weighted by Crippen LogP contribution is 2.22. The predicted octanol–water partition coefficient (Wildman–Crippen LogP) is 0.682. The van der Waals surface area contributed by atoms with Crippen LogP contribution in [0.25, 0.3) is 0 Å². The number of rotatable bonds is 4. The minimum Gasteiger partial charge on any atom is -0.378 e. The summed E-state index contributed by atoms with van der Waals surface area (Å²) in [5, 5.41) is 0.321. The fraction of sp³-hybridized carbons (Fsp3) is 0.643. The van der Waals surface area contributed by atoms with Gasteiger partial charge in [-0.2, -0.15) is 0 Å². The van der Waals surface area contributed by atoms with Gasteiger partial charge >= 0.3 is 0 Å². The molecule has 0 N–H and O–H groups in total. The summed E-state index contributed by atoms with van der Waals surface area (Å²) < 4.78 is 6.75. The molecule has 2 heterocycles. The van der Waals surface area contributed by atoms with Crippen LogP contribution in [0.3, 0.4) is 0 Å². The Morgan fingerprint density at radius 1 is 1.48 bits per heavy atom. The summed E-state index contributed by atoms with van der Waals surface area (Å²) >= 11 is 1.34. The maximum atomic E-state index is 12.4. The first-order chi connectivity index (χ1) is 10.0. The van der Waals surface area contributed by atoms with Gasteiger partial charge in [0, 0.05) is 31.9 Å². The minimum absolute atomic E-state index is 0.0689. The lowest BCUT2D eigenvalue weighted by Gasteiger charge is -2.29. The number of carbonyl (C=O) groups is 1. The molecule has 1 aliphatic rings. The number of carbonyl (C=O) groups excluding carboxylic acids is 1. The highest BCUT2D eigenvalue weighted by molar-refractivity contribution is 8.00. The van der Waals surface area contributed by atoms with Crippen LogP contribution in [0, 0.1) is 0 Å². The monoisotopic (exact) mass is 311 g/mol. The van der Waals surface area contributed by atoms with E-state index in [1.165, 1.54) is 16.3 Å². The summed E-state index contributed by atoms with van der Waals surface area (Å²) in [6, 6.07) is 1.54. The molecular weight excluding hydrogens is 290 g/mol. The van der Waals surface area contributed by atoms with Crippen LogP contribution in [0.1, 0.15) is 19.5 Å². The molecule has 1 aromatic rings. The summed E-state index contributed by atoms with van der Waals surface area (Å²) in [6.07, 6.45) is 0.704. The van der Waals surface area contributed by atoms with Crippen LogP contribution in [0.15, 0.2) is 16.0 Å². The number of thioether (sulfide) groups is 1. The second-order valence-corrected chi connectivity index (χ2v) is 6.29. The molecule has 1 atom stereocenters. The standard InChI is InChI=1S/C14H21N3O3S/c1-4-11-9-12(18)16(3)14(15-11)21-10(2)13(19)17-5-7-20-8-6-17/h9-10H,4-8H2,1-3H3. The molecule has 0 saturated carbocycles. The SMILES string of the molecule is CCc1cc(=O)n(C)c(SC(C)C(=O)N2CCOCC2)n1. The molecule has 0 radical (unpaired) electrons. The summed E-state index contributed by atoms with van der Waals surface area (Å²) in [5.74, 6) is 0.0689. The molecule has 0 aliphatic carbocycles. The number of nitrogens with zero attached hydrogens (tertiary/aromatic N) is 3. The average Bonchev–Trinajstić information content (AvgIpc) is 2.51. The molecule has 7 heteroatoms. The molecular formula is C14H21N3O3S. The molecule has 6 nitrogen and oxygen atoms in total. The Balaban J connectivity index is 2.11. The maximum Gasteiger partial charge on any atom is 0.254 e. The Bertz CT molecular complexity index is 567. The van der Waals surface area contributed by atoms with Crippen LogP contribution in [0.2, 0.25) is 0 Å². The van der Waals surface area contributed by atoms with Crippen molar-refractivity contribution < 1.29 is 9.53 Å². The van der Waals surface area contributed by atoms with Crippen molar-refractivity contribution in [2.24, 2.45) is 7.05 Å². The van der Waals surface area contributed by atoms with Crippen LogP contribution in [0.4, 0.5) is 0 Å². The van der Waals surface area contributed by atoms with E-state index in [0.29, 0.717) is 37.9 Å². The minimum atomic E-state index is -0.270. The van der Waals surface area contributed by atoms with Gasteiger partial charge in [-0.05, 0) is 13.3 Å². The second-order valence-electron chi connectivity index (χ2n) is 4.98. The van der Waals surface area contributed by atoms with Crippen molar-refractivity contribution in [1.82, 2.24) is 14.5 Å². The van der Waals surface area contributed by atoms with Crippen molar-refractivity contribution in [3.8, 4) is 0 Å². The number of aryl methyl sites for hydroxylation is 1. The molecule has 21 heavy (non-hydrogen) atoms. The molecule has 1 aliphatic heterocycles. The molecule has 1 amide bonds. The Kier molecular flexibility index (Phi) is 5.41. The van der Waals surface area contributed by atoms with E-state index >= 15 is 0 Å². The highest BCUT2D eigenvalue weighted by atomic mass is 32.2. The third-order valence-electron chi connectivity index (χ3n) is 3.46. The zero-order chi connectivity index (χ0) is 15.4. The Morgan fingerprint density at radius 3 is 2.76 bits per heavy atom. The van der Waals surface area contributed by atoms with Gasteiger partial charge in [-0.25, -0.2) is 4.98 Å². The van der Waals surface area contributed by atoms with Crippen LogP contribution in [-0.2, 0) is 23.0 Å². The van der Waals surface area contributed by atoms with Gasteiger partial charge in [-0.3, -0.25) is 14.2 Å². The van der Waals surface area contributed by atoms with Crippen molar-refractivity contribution in [3.63, 3.8) is 0 Å². The van der Waals surface area contributed by atoms with Crippen molar-refractivity contribution in [1.29, 1.82) is 0 Å². The van der Waals surface area contributed by atoms with Crippen molar-refractivity contribution in [2.75, 3.05) is 26.3 Å². The fourth-order valence-corrected chi connectivity index (χ4v) is 3.08. The first-order valence-electron chi connectivity index (χ1n) is 7.13. The molecule has 1 aromatic heterocycles. The molecule has 1 unspecified atom stereocenters. The van der Waals surface area contributed by atoms with Gasteiger partial charge in [0.1, 0.15) is 0 Å². The average molecular weight is 311 g/mol.